The molecule has 0 unspecified atom stereocenters. The highest BCUT2D eigenvalue weighted by atomic mass is 16.3. The lowest BCUT2D eigenvalue weighted by Gasteiger charge is -2.20. The smallest absolute Gasteiger partial charge is 0.256 e. The van der Waals surface area contributed by atoms with Crippen molar-refractivity contribution in [2.75, 3.05) is 25.1 Å². The maximum absolute atomic E-state index is 12.5. The molecule has 4 N–H and O–H groups in total. The number of nitrogen functional groups attached to an aromatic ring is 1. The summed E-state index contributed by atoms with van der Waals surface area (Å²) in [5.41, 5.74) is 3.04. The number of likely N-dealkylation sites (N-methyl/N-ethyl adjacent to an activating group) is 1. The van der Waals surface area contributed by atoms with Crippen LogP contribution < -0.4 is 11.3 Å². The topological polar surface area (TPSA) is 91.5 Å². The second kappa shape index (κ2) is 6.31. The van der Waals surface area contributed by atoms with Crippen molar-refractivity contribution in [3.05, 3.63) is 36.0 Å². The number of amides is 1. The molecule has 1 heterocycles. The lowest BCUT2D eigenvalue weighted by atomic mass is 10.1. The Morgan fingerprint density at radius 3 is 2.70 bits per heavy atom. The van der Waals surface area contributed by atoms with Crippen molar-refractivity contribution in [1.29, 1.82) is 0 Å². The van der Waals surface area contributed by atoms with Crippen LogP contribution >= 0.6 is 0 Å². The molecule has 0 radical (unpaired) electrons. The number of rotatable bonds is 5. The summed E-state index contributed by atoms with van der Waals surface area (Å²) in [6, 6.07) is 7.45. The van der Waals surface area contributed by atoms with E-state index in [0.29, 0.717) is 24.5 Å². The number of hydrazine groups is 1. The monoisotopic (exact) mass is 274 g/mol. The van der Waals surface area contributed by atoms with Crippen LogP contribution in [-0.2, 0) is 0 Å². The first-order valence-electron chi connectivity index (χ1n) is 6.47. The van der Waals surface area contributed by atoms with Gasteiger partial charge in [0.25, 0.3) is 5.91 Å². The van der Waals surface area contributed by atoms with Gasteiger partial charge in [-0.1, -0.05) is 24.3 Å². The van der Waals surface area contributed by atoms with Gasteiger partial charge in [0.15, 0.2) is 0 Å². The van der Waals surface area contributed by atoms with E-state index in [0.717, 1.165) is 10.8 Å². The summed E-state index contributed by atoms with van der Waals surface area (Å²) in [5, 5.41) is 10.6. The summed E-state index contributed by atoms with van der Waals surface area (Å²) < 4.78 is 0. The number of anilines is 1. The van der Waals surface area contributed by atoms with Crippen molar-refractivity contribution >= 4 is 22.5 Å². The maximum Gasteiger partial charge on any atom is 0.256 e. The van der Waals surface area contributed by atoms with Crippen molar-refractivity contribution in [1.82, 2.24) is 9.88 Å². The van der Waals surface area contributed by atoms with E-state index in [2.05, 4.69) is 10.4 Å². The highest BCUT2D eigenvalue weighted by molar-refractivity contribution is 6.09. The Labute approximate surface area is 117 Å². The zero-order valence-corrected chi connectivity index (χ0v) is 11.3. The van der Waals surface area contributed by atoms with E-state index in [1.165, 1.54) is 6.20 Å². The Morgan fingerprint density at radius 2 is 2.10 bits per heavy atom. The van der Waals surface area contributed by atoms with Gasteiger partial charge in [0.2, 0.25) is 0 Å². The van der Waals surface area contributed by atoms with Gasteiger partial charge in [-0.3, -0.25) is 4.79 Å². The van der Waals surface area contributed by atoms with Crippen molar-refractivity contribution in [3.8, 4) is 0 Å². The van der Waals surface area contributed by atoms with Crippen LogP contribution in [0.15, 0.2) is 30.5 Å². The number of nitrogens with zero attached hydrogens (tertiary/aromatic N) is 2. The van der Waals surface area contributed by atoms with Gasteiger partial charge >= 0.3 is 0 Å². The maximum atomic E-state index is 12.5. The standard InChI is InChI=1S/C14H18N4O2/c1-2-18(7-8-19)14(20)12-9-16-13(17-15)11-6-4-3-5-10(11)12/h3-6,9,19H,2,7-8,15H2,1H3,(H,16,17). The minimum Gasteiger partial charge on any atom is -0.395 e. The molecule has 2 rings (SSSR count). The first-order chi connectivity index (χ1) is 9.72. The molecule has 0 fully saturated rings. The molecule has 0 aliphatic rings. The van der Waals surface area contributed by atoms with Gasteiger partial charge in [0, 0.05) is 24.7 Å². The summed E-state index contributed by atoms with van der Waals surface area (Å²) in [6.45, 7) is 2.65. The third-order valence-corrected chi connectivity index (χ3v) is 3.20. The number of fused-ring (bicyclic) bond motifs is 1. The number of nitrogens with one attached hydrogen (secondary N) is 1. The van der Waals surface area contributed by atoms with E-state index in [-0.39, 0.29) is 12.5 Å². The fraction of sp³-hybridized carbons (Fsp3) is 0.286. The molecule has 1 amide bonds. The molecule has 0 atom stereocenters. The van der Waals surface area contributed by atoms with Crippen LogP contribution in [0.4, 0.5) is 5.82 Å². The second-order valence-corrected chi connectivity index (χ2v) is 4.32. The lowest BCUT2D eigenvalue weighted by Crippen LogP contribution is -2.33. The lowest BCUT2D eigenvalue weighted by molar-refractivity contribution is 0.0733. The molecule has 0 bridgehead atoms. The minimum absolute atomic E-state index is 0.0621. The average Bonchev–Trinajstić information content (AvgIpc) is 2.50. The van der Waals surface area contributed by atoms with E-state index < -0.39 is 0 Å². The molecule has 0 spiro atoms. The molecule has 6 heteroatoms. The number of aliphatic hydroxyl groups excluding tert-OH is 1. The molecule has 106 valence electrons. The molecule has 0 saturated carbocycles. The number of carbonyl (C=O) groups is 1. The number of aliphatic hydroxyl groups is 1. The summed E-state index contributed by atoms with van der Waals surface area (Å²) in [7, 11) is 0. The highest BCUT2D eigenvalue weighted by Crippen LogP contribution is 2.24. The molecule has 0 aliphatic heterocycles. The summed E-state index contributed by atoms with van der Waals surface area (Å²) in [5.74, 6) is 5.82. The molecule has 1 aromatic carbocycles. The Bertz CT molecular complexity index is 615. The van der Waals surface area contributed by atoms with Crippen LogP contribution in [0.1, 0.15) is 17.3 Å². The molecule has 0 saturated heterocycles. The number of nitrogens with two attached hydrogens (primary N) is 1. The van der Waals surface area contributed by atoms with Gasteiger partial charge in [-0.2, -0.15) is 0 Å². The molecule has 6 nitrogen and oxygen atoms in total. The van der Waals surface area contributed by atoms with E-state index >= 15 is 0 Å². The first-order valence-corrected chi connectivity index (χ1v) is 6.47. The largest absolute Gasteiger partial charge is 0.395 e. The van der Waals surface area contributed by atoms with E-state index in [4.69, 9.17) is 10.9 Å². The zero-order chi connectivity index (χ0) is 14.5. The van der Waals surface area contributed by atoms with Gasteiger partial charge < -0.3 is 15.4 Å². The van der Waals surface area contributed by atoms with Crippen molar-refractivity contribution in [2.24, 2.45) is 5.84 Å². The van der Waals surface area contributed by atoms with Gasteiger partial charge in [-0.15, -0.1) is 0 Å². The average molecular weight is 274 g/mol. The van der Waals surface area contributed by atoms with Crippen molar-refractivity contribution in [2.45, 2.75) is 6.92 Å². The minimum atomic E-state index is -0.145. The van der Waals surface area contributed by atoms with Crippen LogP contribution in [-0.4, -0.2) is 40.6 Å². The van der Waals surface area contributed by atoms with Crippen LogP contribution in [0.3, 0.4) is 0 Å². The molecular formula is C14H18N4O2. The number of aromatic nitrogens is 1. The van der Waals surface area contributed by atoms with E-state index in [9.17, 15) is 4.79 Å². The number of hydrogen-bond donors (Lipinski definition) is 3. The van der Waals surface area contributed by atoms with Gasteiger partial charge in [0.1, 0.15) is 5.82 Å². The molecule has 1 aromatic heterocycles. The van der Waals surface area contributed by atoms with Crippen LogP contribution in [0.2, 0.25) is 0 Å². The predicted molar refractivity (Wildman–Crippen MR) is 78.2 cm³/mol. The Kier molecular flexibility index (Phi) is 4.49. The van der Waals surface area contributed by atoms with E-state index in [1.54, 1.807) is 4.90 Å². The zero-order valence-electron chi connectivity index (χ0n) is 11.3. The number of pyridine rings is 1. The fourth-order valence-electron chi connectivity index (χ4n) is 2.17. The fourth-order valence-corrected chi connectivity index (χ4v) is 2.17. The molecular weight excluding hydrogens is 256 g/mol. The Morgan fingerprint density at radius 1 is 1.40 bits per heavy atom. The van der Waals surface area contributed by atoms with Gasteiger partial charge in [-0.25, -0.2) is 10.8 Å². The van der Waals surface area contributed by atoms with Crippen LogP contribution in [0, 0.1) is 0 Å². The third kappa shape index (κ3) is 2.56. The summed E-state index contributed by atoms with van der Waals surface area (Å²) >= 11 is 0. The quantitative estimate of drug-likeness (QED) is 0.558. The summed E-state index contributed by atoms with van der Waals surface area (Å²) in [4.78, 5) is 18.3. The van der Waals surface area contributed by atoms with E-state index in [1.807, 2.05) is 31.2 Å². The summed E-state index contributed by atoms with van der Waals surface area (Å²) in [6.07, 6.45) is 1.51. The van der Waals surface area contributed by atoms with Crippen molar-refractivity contribution in [3.63, 3.8) is 0 Å². The number of hydrogen-bond acceptors (Lipinski definition) is 5. The Balaban J connectivity index is 2.52. The van der Waals surface area contributed by atoms with Crippen molar-refractivity contribution < 1.29 is 9.90 Å². The van der Waals surface area contributed by atoms with Crippen LogP contribution in [0.5, 0.6) is 0 Å². The third-order valence-electron chi connectivity index (χ3n) is 3.20. The Hall–Kier alpha value is -2.18. The molecule has 20 heavy (non-hydrogen) atoms. The van der Waals surface area contributed by atoms with Crippen LogP contribution in [0.25, 0.3) is 10.8 Å². The molecule has 0 aliphatic carbocycles. The second-order valence-electron chi connectivity index (χ2n) is 4.32. The first kappa shape index (κ1) is 14.2. The van der Waals surface area contributed by atoms with Gasteiger partial charge in [-0.05, 0) is 12.3 Å². The number of carbonyl (C=O) groups excluding carboxylic acids is 1. The molecule has 2 aromatic rings. The van der Waals surface area contributed by atoms with Gasteiger partial charge in [0.05, 0.1) is 12.2 Å². The normalized spacial score (nSPS) is 10.6. The SMILES string of the molecule is CCN(CCO)C(=O)c1cnc(NN)c2ccccc12. The predicted octanol–water partition coefficient (Wildman–Crippen LogP) is 0.975. The highest BCUT2D eigenvalue weighted by Gasteiger charge is 2.18. The number of benzene rings is 1.